The largest absolute Gasteiger partial charge is 0.508 e. The quantitative estimate of drug-likeness (QED) is 0.735. The van der Waals surface area contributed by atoms with Crippen LogP contribution in [0.3, 0.4) is 0 Å². The van der Waals surface area contributed by atoms with Crippen molar-refractivity contribution in [3.63, 3.8) is 0 Å². The molecule has 2 heterocycles. The van der Waals surface area contributed by atoms with Crippen molar-refractivity contribution in [1.29, 1.82) is 0 Å². The number of aryl methyl sites for hydroxylation is 2. The Labute approximate surface area is 115 Å². The Kier molecular flexibility index (Phi) is 2.79. The molecular formula is C16H13NO3. The smallest absolute Gasteiger partial charge is 0.346 e. The number of fused-ring (bicyclic) bond motifs is 1. The van der Waals surface area contributed by atoms with Crippen LogP contribution < -0.4 is 5.63 Å². The van der Waals surface area contributed by atoms with E-state index >= 15 is 0 Å². The fourth-order valence-electron chi connectivity index (χ4n) is 2.36. The Hall–Kier alpha value is -2.62. The molecule has 4 nitrogen and oxygen atoms in total. The van der Waals surface area contributed by atoms with E-state index in [0.717, 1.165) is 11.1 Å². The maximum Gasteiger partial charge on any atom is 0.346 e. The summed E-state index contributed by atoms with van der Waals surface area (Å²) in [5, 5.41) is 10.8. The minimum Gasteiger partial charge on any atom is -0.508 e. The van der Waals surface area contributed by atoms with E-state index in [1.165, 1.54) is 0 Å². The zero-order chi connectivity index (χ0) is 14.3. The van der Waals surface area contributed by atoms with Crippen molar-refractivity contribution in [2.75, 3.05) is 0 Å². The Balaban J connectivity index is 2.32. The predicted molar refractivity (Wildman–Crippen MR) is 76.9 cm³/mol. The third-order valence-corrected chi connectivity index (χ3v) is 3.18. The molecule has 2 aromatic heterocycles. The number of phenols is 1. The molecule has 0 fully saturated rings. The summed E-state index contributed by atoms with van der Waals surface area (Å²) < 4.78 is 5.35. The van der Waals surface area contributed by atoms with E-state index in [4.69, 9.17) is 4.42 Å². The van der Waals surface area contributed by atoms with Gasteiger partial charge in [-0.2, -0.15) is 0 Å². The van der Waals surface area contributed by atoms with Gasteiger partial charge in [0.2, 0.25) is 0 Å². The Morgan fingerprint density at radius 1 is 1.15 bits per heavy atom. The minimum atomic E-state index is -0.411. The van der Waals surface area contributed by atoms with Crippen LogP contribution in [0, 0.1) is 13.8 Å². The van der Waals surface area contributed by atoms with Crippen molar-refractivity contribution < 1.29 is 9.52 Å². The van der Waals surface area contributed by atoms with Crippen LogP contribution in [0.1, 0.15) is 11.4 Å². The lowest BCUT2D eigenvalue weighted by Crippen LogP contribution is -2.04. The van der Waals surface area contributed by atoms with Gasteiger partial charge in [-0.3, -0.25) is 4.98 Å². The number of hydrogen-bond donors (Lipinski definition) is 1. The maximum absolute atomic E-state index is 12.1. The molecule has 100 valence electrons. The van der Waals surface area contributed by atoms with Gasteiger partial charge in [-0.05, 0) is 43.5 Å². The molecule has 0 spiro atoms. The molecule has 0 unspecified atom stereocenters. The van der Waals surface area contributed by atoms with Crippen LogP contribution in [0.15, 0.2) is 45.6 Å². The highest BCUT2D eigenvalue weighted by Crippen LogP contribution is 2.25. The molecule has 20 heavy (non-hydrogen) atoms. The molecule has 0 atom stereocenters. The van der Waals surface area contributed by atoms with Crippen LogP contribution in [0.4, 0.5) is 0 Å². The lowest BCUT2D eigenvalue weighted by molar-refractivity contribution is 0.474. The molecule has 0 amide bonds. The van der Waals surface area contributed by atoms with Gasteiger partial charge in [0.25, 0.3) is 0 Å². The Morgan fingerprint density at radius 2 is 1.95 bits per heavy atom. The van der Waals surface area contributed by atoms with E-state index in [1.807, 2.05) is 13.0 Å². The van der Waals surface area contributed by atoms with E-state index in [9.17, 15) is 9.90 Å². The first-order chi connectivity index (χ1) is 9.54. The number of phenolic OH excluding ortho intramolecular Hbond substituents is 1. The van der Waals surface area contributed by atoms with Crippen molar-refractivity contribution in [2.24, 2.45) is 0 Å². The van der Waals surface area contributed by atoms with Crippen LogP contribution in [0.2, 0.25) is 0 Å². The molecule has 0 aliphatic rings. The number of pyridine rings is 1. The van der Waals surface area contributed by atoms with Crippen molar-refractivity contribution in [1.82, 2.24) is 4.98 Å². The summed E-state index contributed by atoms with van der Waals surface area (Å²) in [6.07, 6.45) is 0. The lowest BCUT2D eigenvalue weighted by Gasteiger charge is -2.05. The molecule has 1 aromatic carbocycles. The number of nitrogens with zero attached hydrogens (tertiary/aromatic N) is 1. The zero-order valence-electron chi connectivity index (χ0n) is 11.2. The maximum atomic E-state index is 12.1. The van der Waals surface area contributed by atoms with Crippen LogP contribution in [-0.4, -0.2) is 10.1 Å². The second kappa shape index (κ2) is 4.49. The molecule has 4 heteroatoms. The fourth-order valence-corrected chi connectivity index (χ4v) is 2.36. The highest BCUT2D eigenvalue weighted by molar-refractivity contribution is 5.86. The van der Waals surface area contributed by atoms with Gasteiger partial charge >= 0.3 is 5.63 Å². The SMILES string of the molecule is Cc1cc2cc(-c3cccc(O)c3)oc(=O)c2c(C)n1. The minimum absolute atomic E-state index is 0.132. The highest BCUT2D eigenvalue weighted by Gasteiger charge is 2.10. The summed E-state index contributed by atoms with van der Waals surface area (Å²) >= 11 is 0. The van der Waals surface area contributed by atoms with Crippen LogP contribution in [0.5, 0.6) is 5.75 Å². The third kappa shape index (κ3) is 2.05. The molecule has 0 saturated carbocycles. The standard InChI is InChI=1S/C16H13NO3/c1-9-6-12-8-14(11-4-3-5-13(18)7-11)20-16(19)15(12)10(2)17-9/h3-8,18H,1-2H3. The molecule has 3 rings (SSSR count). The Bertz CT molecular complexity index is 865. The van der Waals surface area contributed by atoms with Crippen molar-refractivity contribution >= 4 is 10.8 Å². The fraction of sp³-hybridized carbons (Fsp3) is 0.125. The first-order valence-electron chi connectivity index (χ1n) is 6.26. The summed E-state index contributed by atoms with van der Waals surface area (Å²) in [4.78, 5) is 16.4. The van der Waals surface area contributed by atoms with Gasteiger partial charge in [-0.1, -0.05) is 12.1 Å². The van der Waals surface area contributed by atoms with Gasteiger partial charge in [-0.15, -0.1) is 0 Å². The second-order valence-corrected chi connectivity index (χ2v) is 4.76. The van der Waals surface area contributed by atoms with Crippen molar-refractivity contribution in [3.05, 3.63) is 58.2 Å². The van der Waals surface area contributed by atoms with Crippen molar-refractivity contribution in [3.8, 4) is 17.1 Å². The number of aromatic nitrogens is 1. The second-order valence-electron chi connectivity index (χ2n) is 4.76. The zero-order valence-corrected chi connectivity index (χ0v) is 11.2. The van der Waals surface area contributed by atoms with Gasteiger partial charge in [0.15, 0.2) is 0 Å². The lowest BCUT2D eigenvalue weighted by atomic mass is 10.1. The van der Waals surface area contributed by atoms with E-state index < -0.39 is 5.63 Å². The van der Waals surface area contributed by atoms with Gasteiger partial charge < -0.3 is 9.52 Å². The van der Waals surface area contributed by atoms with E-state index in [2.05, 4.69) is 4.98 Å². The topological polar surface area (TPSA) is 63.3 Å². The number of benzene rings is 1. The van der Waals surface area contributed by atoms with Gasteiger partial charge in [0, 0.05) is 11.3 Å². The monoisotopic (exact) mass is 267 g/mol. The summed E-state index contributed by atoms with van der Waals surface area (Å²) in [6.45, 7) is 3.68. The highest BCUT2D eigenvalue weighted by atomic mass is 16.4. The molecule has 0 radical (unpaired) electrons. The van der Waals surface area contributed by atoms with Gasteiger partial charge in [-0.25, -0.2) is 4.79 Å². The summed E-state index contributed by atoms with van der Waals surface area (Å²) in [6, 6.07) is 10.3. The molecule has 3 aromatic rings. The van der Waals surface area contributed by atoms with Crippen LogP contribution >= 0.6 is 0 Å². The first-order valence-corrected chi connectivity index (χ1v) is 6.26. The van der Waals surface area contributed by atoms with E-state index in [-0.39, 0.29) is 5.75 Å². The molecule has 0 bridgehead atoms. The summed E-state index contributed by atoms with van der Waals surface area (Å²) in [5.41, 5.74) is 1.76. The van der Waals surface area contributed by atoms with Crippen molar-refractivity contribution in [2.45, 2.75) is 13.8 Å². The number of rotatable bonds is 1. The third-order valence-electron chi connectivity index (χ3n) is 3.18. The first kappa shape index (κ1) is 12.4. The van der Waals surface area contributed by atoms with E-state index in [0.29, 0.717) is 22.4 Å². The molecule has 0 aliphatic heterocycles. The van der Waals surface area contributed by atoms with Gasteiger partial charge in [0.1, 0.15) is 11.5 Å². The molecule has 1 N–H and O–H groups in total. The Morgan fingerprint density at radius 3 is 2.70 bits per heavy atom. The number of aromatic hydroxyl groups is 1. The van der Waals surface area contributed by atoms with E-state index in [1.54, 1.807) is 37.3 Å². The van der Waals surface area contributed by atoms with Crippen LogP contribution in [-0.2, 0) is 0 Å². The predicted octanol–water partition coefficient (Wildman–Crippen LogP) is 3.18. The average Bonchev–Trinajstić information content (AvgIpc) is 2.37. The average molecular weight is 267 g/mol. The summed E-state index contributed by atoms with van der Waals surface area (Å²) in [5.74, 6) is 0.565. The molecular weight excluding hydrogens is 254 g/mol. The normalized spacial score (nSPS) is 10.9. The van der Waals surface area contributed by atoms with Crippen LogP contribution in [0.25, 0.3) is 22.1 Å². The van der Waals surface area contributed by atoms with Gasteiger partial charge in [0.05, 0.1) is 11.1 Å². The summed E-state index contributed by atoms with van der Waals surface area (Å²) in [7, 11) is 0. The molecule has 0 aliphatic carbocycles. The molecule has 0 saturated heterocycles. The number of hydrogen-bond acceptors (Lipinski definition) is 4.